The molecule has 0 aliphatic heterocycles. The molecule has 0 spiro atoms. The number of nitrogen functional groups attached to an aromatic ring is 1. The van der Waals surface area contributed by atoms with E-state index in [1.165, 1.54) is 6.20 Å². The highest BCUT2D eigenvalue weighted by Gasteiger charge is 2.05. The van der Waals surface area contributed by atoms with Crippen LogP contribution in [-0.2, 0) is 0 Å². The molecule has 2 aromatic heterocycles. The van der Waals surface area contributed by atoms with Gasteiger partial charge in [-0.3, -0.25) is 4.98 Å². The van der Waals surface area contributed by atoms with E-state index in [-0.39, 0.29) is 5.95 Å². The van der Waals surface area contributed by atoms with Gasteiger partial charge in [-0.1, -0.05) is 11.6 Å². The van der Waals surface area contributed by atoms with Crippen LogP contribution >= 0.6 is 11.6 Å². The molecule has 0 aliphatic carbocycles. The van der Waals surface area contributed by atoms with Crippen molar-refractivity contribution in [3.05, 3.63) is 35.2 Å². The van der Waals surface area contributed by atoms with Crippen LogP contribution in [0.3, 0.4) is 0 Å². The first kappa shape index (κ1) is 10.6. The molecule has 0 aliphatic rings. The minimum absolute atomic E-state index is 0.163. The lowest BCUT2D eigenvalue weighted by molar-refractivity contribution is 0.456. The van der Waals surface area contributed by atoms with Gasteiger partial charge in [0, 0.05) is 24.0 Å². The fraction of sp³-hybridized carbons (Fsp3) is 0.100. The Morgan fingerprint density at radius 2 is 2.12 bits per heavy atom. The SMILES string of the molecule is Cc1cnc(N)nc1Oc1cncc(Cl)c1. The molecular formula is C10H9ClN4O. The normalized spacial score (nSPS) is 10.1. The first-order chi connectivity index (χ1) is 7.65. The van der Waals surface area contributed by atoms with Crippen molar-refractivity contribution in [3.8, 4) is 11.6 Å². The Kier molecular flexibility index (Phi) is 2.87. The molecule has 0 atom stereocenters. The van der Waals surface area contributed by atoms with Gasteiger partial charge in [-0.15, -0.1) is 0 Å². The Morgan fingerprint density at radius 3 is 2.88 bits per heavy atom. The van der Waals surface area contributed by atoms with E-state index in [9.17, 15) is 0 Å². The van der Waals surface area contributed by atoms with E-state index in [0.717, 1.165) is 5.56 Å². The summed E-state index contributed by atoms with van der Waals surface area (Å²) in [5.41, 5.74) is 6.25. The first-order valence-corrected chi connectivity index (χ1v) is 4.90. The lowest BCUT2D eigenvalue weighted by atomic mass is 10.4. The lowest BCUT2D eigenvalue weighted by Gasteiger charge is -2.06. The molecule has 0 aromatic carbocycles. The number of nitrogens with two attached hydrogens (primary N) is 1. The number of hydrogen-bond donors (Lipinski definition) is 1. The number of rotatable bonds is 2. The van der Waals surface area contributed by atoms with E-state index in [4.69, 9.17) is 22.1 Å². The van der Waals surface area contributed by atoms with Crippen molar-refractivity contribution in [2.75, 3.05) is 5.73 Å². The van der Waals surface area contributed by atoms with Crippen molar-refractivity contribution in [1.29, 1.82) is 0 Å². The van der Waals surface area contributed by atoms with Gasteiger partial charge in [-0.25, -0.2) is 4.98 Å². The van der Waals surface area contributed by atoms with Gasteiger partial charge in [0.05, 0.1) is 11.2 Å². The zero-order valence-corrected chi connectivity index (χ0v) is 9.27. The molecule has 0 saturated heterocycles. The Bertz CT molecular complexity index is 518. The topological polar surface area (TPSA) is 73.9 Å². The second-order valence-corrected chi connectivity index (χ2v) is 3.59. The number of aryl methyl sites for hydroxylation is 1. The third-order valence-corrected chi connectivity index (χ3v) is 2.04. The summed E-state index contributed by atoms with van der Waals surface area (Å²) >= 11 is 5.78. The van der Waals surface area contributed by atoms with Crippen LogP contribution in [0.5, 0.6) is 11.6 Å². The van der Waals surface area contributed by atoms with E-state index in [1.807, 2.05) is 6.92 Å². The molecule has 0 bridgehead atoms. The molecule has 16 heavy (non-hydrogen) atoms. The van der Waals surface area contributed by atoms with Crippen molar-refractivity contribution < 1.29 is 4.74 Å². The lowest BCUT2D eigenvalue weighted by Crippen LogP contribution is -1.98. The number of anilines is 1. The van der Waals surface area contributed by atoms with Gasteiger partial charge in [-0.05, 0) is 6.92 Å². The summed E-state index contributed by atoms with van der Waals surface area (Å²) in [6.45, 7) is 1.83. The van der Waals surface area contributed by atoms with Gasteiger partial charge in [0.2, 0.25) is 11.8 Å². The van der Waals surface area contributed by atoms with Gasteiger partial charge in [0.15, 0.2) is 0 Å². The highest BCUT2D eigenvalue weighted by Crippen LogP contribution is 2.23. The third-order valence-electron chi connectivity index (χ3n) is 1.84. The van der Waals surface area contributed by atoms with E-state index < -0.39 is 0 Å². The number of hydrogen-bond acceptors (Lipinski definition) is 5. The van der Waals surface area contributed by atoms with Crippen LogP contribution in [0.2, 0.25) is 5.02 Å². The molecular weight excluding hydrogens is 228 g/mol. The maximum atomic E-state index is 5.78. The first-order valence-electron chi connectivity index (χ1n) is 4.52. The summed E-state index contributed by atoms with van der Waals surface area (Å²) < 4.78 is 5.49. The molecule has 0 radical (unpaired) electrons. The Hall–Kier alpha value is -1.88. The molecule has 2 N–H and O–H groups in total. The number of nitrogens with zero attached hydrogens (tertiary/aromatic N) is 3. The minimum Gasteiger partial charge on any atom is -0.437 e. The number of ether oxygens (including phenoxy) is 1. The molecule has 2 aromatic rings. The van der Waals surface area contributed by atoms with Crippen molar-refractivity contribution >= 4 is 17.5 Å². The van der Waals surface area contributed by atoms with E-state index in [1.54, 1.807) is 18.5 Å². The highest BCUT2D eigenvalue weighted by atomic mass is 35.5. The Morgan fingerprint density at radius 1 is 1.31 bits per heavy atom. The third kappa shape index (κ3) is 2.38. The van der Waals surface area contributed by atoms with Crippen LogP contribution in [0.15, 0.2) is 24.7 Å². The van der Waals surface area contributed by atoms with Crippen LogP contribution in [0.4, 0.5) is 5.95 Å². The number of aromatic nitrogens is 3. The molecule has 6 heteroatoms. The second kappa shape index (κ2) is 4.32. The molecule has 0 unspecified atom stereocenters. The minimum atomic E-state index is 0.163. The van der Waals surface area contributed by atoms with Gasteiger partial charge < -0.3 is 10.5 Å². The summed E-state index contributed by atoms with van der Waals surface area (Å²) in [5, 5.41) is 0.497. The zero-order valence-electron chi connectivity index (χ0n) is 8.51. The van der Waals surface area contributed by atoms with Crippen LogP contribution < -0.4 is 10.5 Å². The van der Waals surface area contributed by atoms with Gasteiger partial charge in [-0.2, -0.15) is 4.98 Å². The average Bonchev–Trinajstić information content (AvgIpc) is 2.24. The highest BCUT2D eigenvalue weighted by molar-refractivity contribution is 6.30. The van der Waals surface area contributed by atoms with Crippen LogP contribution in [0.1, 0.15) is 5.56 Å². The van der Waals surface area contributed by atoms with Crippen molar-refractivity contribution in [2.45, 2.75) is 6.92 Å². The summed E-state index contributed by atoms with van der Waals surface area (Å²) in [7, 11) is 0. The maximum Gasteiger partial charge on any atom is 0.227 e. The predicted octanol–water partition coefficient (Wildman–Crippen LogP) is 2.21. The molecule has 2 rings (SSSR count). The van der Waals surface area contributed by atoms with Gasteiger partial charge in [0.1, 0.15) is 5.75 Å². The Balaban J connectivity index is 2.30. The monoisotopic (exact) mass is 236 g/mol. The van der Waals surface area contributed by atoms with E-state index in [2.05, 4.69) is 15.0 Å². The summed E-state index contributed by atoms with van der Waals surface area (Å²) in [5.74, 6) is 1.07. The van der Waals surface area contributed by atoms with Gasteiger partial charge in [0.25, 0.3) is 0 Å². The van der Waals surface area contributed by atoms with Crippen molar-refractivity contribution in [1.82, 2.24) is 15.0 Å². The van der Waals surface area contributed by atoms with Gasteiger partial charge >= 0.3 is 0 Å². The molecule has 0 saturated carbocycles. The van der Waals surface area contributed by atoms with E-state index >= 15 is 0 Å². The zero-order chi connectivity index (χ0) is 11.5. The van der Waals surface area contributed by atoms with Crippen LogP contribution in [-0.4, -0.2) is 15.0 Å². The number of pyridine rings is 1. The summed E-state index contributed by atoms with van der Waals surface area (Å²) in [6, 6.07) is 1.65. The standard InChI is InChI=1S/C10H9ClN4O/c1-6-3-14-10(12)15-9(6)16-8-2-7(11)4-13-5-8/h2-5H,1H3,(H2,12,14,15). The molecule has 0 amide bonds. The van der Waals surface area contributed by atoms with Crippen LogP contribution in [0, 0.1) is 6.92 Å². The Labute approximate surface area is 97.3 Å². The predicted molar refractivity (Wildman–Crippen MR) is 60.5 cm³/mol. The van der Waals surface area contributed by atoms with Crippen LogP contribution in [0.25, 0.3) is 0 Å². The molecule has 0 fully saturated rings. The van der Waals surface area contributed by atoms with Crippen molar-refractivity contribution in [2.24, 2.45) is 0 Å². The average molecular weight is 237 g/mol. The second-order valence-electron chi connectivity index (χ2n) is 3.16. The smallest absolute Gasteiger partial charge is 0.227 e. The summed E-state index contributed by atoms with van der Waals surface area (Å²) in [4.78, 5) is 11.7. The van der Waals surface area contributed by atoms with Crippen molar-refractivity contribution in [3.63, 3.8) is 0 Å². The molecule has 82 valence electrons. The summed E-state index contributed by atoms with van der Waals surface area (Å²) in [6.07, 6.45) is 4.66. The quantitative estimate of drug-likeness (QED) is 0.865. The fourth-order valence-electron chi connectivity index (χ4n) is 1.10. The number of halogens is 1. The largest absolute Gasteiger partial charge is 0.437 e. The molecule has 2 heterocycles. The van der Waals surface area contributed by atoms with E-state index in [0.29, 0.717) is 16.7 Å². The molecule has 5 nitrogen and oxygen atoms in total. The fourth-order valence-corrected chi connectivity index (χ4v) is 1.27. The maximum absolute atomic E-state index is 5.78.